The molecule has 0 fully saturated rings. The Hall–Kier alpha value is -2.04. The van der Waals surface area contributed by atoms with Crippen molar-refractivity contribution in [3.8, 4) is 0 Å². The van der Waals surface area contributed by atoms with E-state index in [1.165, 1.54) is 11.3 Å². The van der Waals surface area contributed by atoms with Crippen LogP contribution in [0.25, 0.3) is 0 Å². The molecule has 0 unspecified atom stereocenters. The van der Waals surface area contributed by atoms with Crippen molar-refractivity contribution in [1.82, 2.24) is 10.6 Å². The monoisotopic (exact) mass is 261 g/mol. The van der Waals surface area contributed by atoms with E-state index in [9.17, 15) is 9.59 Å². The van der Waals surface area contributed by atoms with Gasteiger partial charge in [-0.2, -0.15) is 0 Å². The quantitative estimate of drug-likeness (QED) is 0.580. The van der Waals surface area contributed by atoms with Gasteiger partial charge in [0.1, 0.15) is 0 Å². The first-order valence-corrected chi connectivity index (χ1v) is 6.51. The molecule has 1 aromatic rings. The van der Waals surface area contributed by atoms with Gasteiger partial charge in [0.2, 0.25) is 6.41 Å². The predicted octanol–water partition coefficient (Wildman–Crippen LogP) is 0.545. The second-order valence-electron chi connectivity index (χ2n) is 4.70. The fraction of sp³-hybridized carbons (Fsp3) is 0.429. The molecule has 2 amide bonds. The van der Waals surface area contributed by atoms with Gasteiger partial charge in [-0.3, -0.25) is 9.59 Å². The molecule has 0 aliphatic carbocycles. The second-order valence-corrected chi connectivity index (χ2v) is 4.70. The van der Waals surface area contributed by atoms with E-state index in [2.05, 4.69) is 22.6 Å². The van der Waals surface area contributed by atoms with Crippen LogP contribution in [0.15, 0.2) is 18.2 Å². The molecule has 5 heteroatoms. The van der Waals surface area contributed by atoms with Gasteiger partial charge in [-0.05, 0) is 36.6 Å². The zero-order valence-electron chi connectivity index (χ0n) is 11.1. The number of fused-ring (bicyclic) bond motifs is 1. The van der Waals surface area contributed by atoms with Crippen LogP contribution < -0.4 is 15.5 Å². The summed E-state index contributed by atoms with van der Waals surface area (Å²) in [7, 11) is 2.06. The molecule has 5 nitrogen and oxygen atoms in total. The lowest BCUT2D eigenvalue weighted by Crippen LogP contribution is -2.27. The number of nitrogens with zero attached hydrogens (tertiary/aromatic N) is 1. The van der Waals surface area contributed by atoms with E-state index in [0.29, 0.717) is 25.1 Å². The molecular weight excluding hydrogens is 242 g/mol. The molecule has 0 radical (unpaired) electrons. The average Bonchev–Trinajstić information content (AvgIpc) is 2.79. The smallest absolute Gasteiger partial charge is 0.251 e. The Morgan fingerprint density at radius 3 is 3.05 bits per heavy atom. The third-order valence-electron chi connectivity index (χ3n) is 3.34. The number of anilines is 1. The molecule has 0 saturated carbocycles. The number of carbonyl (C=O) groups is 2. The van der Waals surface area contributed by atoms with Crippen LogP contribution in [0.5, 0.6) is 0 Å². The van der Waals surface area contributed by atoms with E-state index in [1.54, 1.807) is 0 Å². The van der Waals surface area contributed by atoms with Gasteiger partial charge in [-0.1, -0.05) is 0 Å². The van der Waals surface area contributed by atoms with Gasteiger partial charge in [-0.25, -0.2) is 0 Å². The molecule has 0 bridgehead atoms. The molecule has 19 heavy (non-hydrogen) atoms. The van der Waals surface area contributed by atoms with Crippen molar-refractivity contribution in [2.45, 2.75) is 12.8 Å². The molecule has 1 aromatic carbocycles. The van der Waals surface area contributed by atoms with E-state index in [1.807, 2.05) is 18.2 Å². The Morgan fingerprint density at radius 1 is 1.42 bits per heavy atom. The lowest BCUT2D eigenvalue weighted by molar-refractivity contribution is -0.109. The first kappa shape index (κ1) is 13.4. The van der Waals surface area contributed by atoms with Gasteiger partial charge >= 0.3 is 0 Å². The number of hydrogen-bond acceptors (Lipinski definition) is 3. The first-order valence-electron chi connectivity index (χ1n) is 6.51. The minimum atomic E-state index is -0.0524. The van der Waals surface area contributed by atoms with Crippen LogP contribution >= 0.6 is 0 Å². The largest absolute Gasteiger partial charge is 0.374 e. The predicted molar refractivity (Wildman–Crippen MR) is 74.4 cm³/mol. The average molecular weight is 261 g/mol. The van der Waals surface area contributed by atoms with Gasteiger partial charge in [0.05, 0.1) is 0 Å². The Bertz CT molecular complexity index is 474. The number of nitrogens with one attached hydrogen (secondary N) is 2. The first-order chi connectivity index (χ1) is 9.22. The van der Waals surface area contributed by atoms with E-state index in [-0.39, 0.29) is 5.91 Å². The van der Waals surface area contributed by atoms with E-state index in [0.717, 1.165) is 19.4 Å². The van der Waals surface area contributed by atoms with E-state index < -0.39 is 0 Å². The van der Waals surface area contributed by atoms with Crippen molar-refractivity contribution in [1.29, 1.82) is 0 Å². The summed E-state index contributed by atoms with van der Waals surface area (Å²) in [5, 5.41) is 5.41. The topological polar surface area (TPSA) is 61.4 Å². The van der Waals surface area contributed by atoms with Crippen molar-refractivity contribution >= 4 is 18.0 Å². The van der Waals surface area contributed by atoms with Crippen molar-refractivity contribution < 1.29 is 9.59 Å². The molecule has 0 spiro atoms. The summed E-state index contributed by atoms with van der Waals surface area (Å²) in [6.07, 6.45) is 2.40. The summed E-state index contributed by atoms with van der Waals surface area (Å²) in [4.78, 5) is 24.2. The Labute approximate surface area is 113 Å². The van der Waals surface area contributed by atoms with Gasteiger partial charge < -0.3 is 15.5 Å². The summed E-state index contributed by atoms with van der Waals surface area (Å²) in [5.41, 5.74) is 3.15. The molecule has 2 N–H and O–H groups in total. The summed E-state index contributed by atoms with van der Waals surface area (Å²) in [6.45, 7) is 2.16. The number of hydrogen-bond donors (Lipinski definition) is 2. The molecule has 2 rings (SSSR count). The van der Waals surface area contributed by atoms with Crippen molar-refractivity contribution in [3.05, 3.63) is 29.3 Å². The van der Waals surface area contributed by atoms with Crippen LogP contribution in [0.2, 0.25) is 0 Å². The van der Waals surface area contributed by atoms with Gasteiger partial charge in [0.25, 0.3) is 5.91 Å². The standard InChI is InChI=1S/C14H19N3O2/c1-17-8-5-11-9-12(3-4-13(11)17)14(19)16-7-2-6-15-10-18/h3-4,9-10H,2,5-8H2,1H3,(H,15,18)(H,16,19). The normalized spacial score (nSPS) is 13.0. The fourth-order valence-corrected chi connectivity index (χ4v) is 2.26. The Morgan fingerprint density at radius 2 is 2.26 bits per heavy atom. The number of amides is 2. The highest BCUT2D eigenvalue weighted by Gasteiger charge is 2.17. The molecule has 1 heterocycles. The molecule has 0 saturated heterocycles. The van der Waals surface area contributed by atoms with Crippen LogP contribution in [0.3, 0.4) is 0 Å². The van der Waals surface area contributed by atoms with Crippen LogP contribution in [0.4, 0.5) is 5.69 Å². The molecule has 1 aliphatic rings. The highest BCUT2D eigenvalue weighted by molar-refractivity contribution is 5.95. The molecule has 0 atom stereocenters. The lowest BCUT2D eigenvalue weighted by Gasteiger charge is -2.12. The van der Waals surface area contributed by atoms with Crippen molar-refractivity contribution in [3.63, 3.8) is 0 Å². The molecule has 1 aliphatic heterocycles. The lowest BCUT2D eigenvalue weighted by atomic mass is 10.1. The van der Waals surface area contributed by atoms with Crippen LogP contribution in [0.1, 0.15) is 22.3 Å². The Balaban J connectivity index is 1.88. The zero-order valence-corrected chi connectivity index (χ0v) is 11.1. The van der Waals surface area contributed by atoms with Gasteiger partial charge in [0, 0.05) is 37.9 Å². The van der Waals surface area contributed by atoms with Crippen molar-refractivity contribution in [2.75, 3.05) is 31.6 Å². The highest BCUT2D eigenvalue weighted by atomic mass is 16.1. The summed E-state index contributed by atoms with van der Waals surface area (Å²) in [6, 6.07) is 5.84. The maximum absolute atomic E-state index is 11.9. The van der Waals surface area contributed by atoms with Crippen LogP contribution in [-0.4, -0.2) is 39.0 Å². The van der Waals surface area contributed by atoms with E-state index >= 15 is 0 Å². The summed E-state index contributed by atoms with van der Waals surface area (Å²) >= 11 is 0. The second kappa shape index (κ2) is 6.22. The summed E-state index contributed by atoms with van der Waals surface area (Å²) in [5.74, 6) is -0.0524. The van der Waals surface area contributed by atoms with Crippen molar-refractivity contribution in [2.24, 2.45) is 0 Å². The number of carbonyl (C=O) groups excluding carboxylic acids is 2. The highest BCUT2D eigenvalue weighted by Crippen LogP contribution is 2.27. The van der Waals surface area contributed by atoms with Gasteiger partial charge in [0.15, 0.2) is 0 Å². The number of benzene rings is 1. The minimum Gasteiger partial charge on any atom is -0.374 e. The van der Waals surface area contributed by atoms with Gasteiger partial charge in [-0.15, -0.1) is 0 Å². The summed E-state index contributed by atoms with van der Waals surface area (Å²) < 4.78 is 0. The van der Waals surface area contributed by atoms with Crippen LogP contribution in [-0.2, 0) is 11.2 Å². The zero-order chi connectivity index (χ0) is 13.7. The number of likely N-dealkylation sites (N-methyl/N-ethyl adjacent to an activating group) is 1. The molecule has 0 aromatic heterocycles. The SMILES string of the molecule is CN1CCc2cc(C(=O)NCCCNC=O)ccc21. The van der Waals surface area contributed by atoms with Crippen LogP contribution in [0, 0.1) is 0 Å². The Kier molecular flexibility index (Phi) is 4.39. The fourth-order valence-electron chi connectivity index (χ4n) is 2.26. The molecule has 102 valence electrons. The third kappa shape index (κ3) is 3.24. The molecular formula is C14H19N3O2. The van der Waals surface area contributed by atoms with E-state index in [4.69, 9.17) is 0 Å². The third-order valence-corrected chi connectivity index (χ3v) is 3.34. The maximum Gasteiger partial charge on any atom is 0.251 e. The maximum atomic E-state index is 11.9. The number of rotatable bonds is 6. The minimum absolute atomic E-state index is 0.0524.